The SMILES string of the molecule is O=S(=O)(O)CC(OC1CCCCC1)C(F)(F)F. The molecule has 0 saturated heterocycles. The molecular weight excluding hydrogens is 261 g/mol. The summed E-state index contributed by atoms with van der Waals surface area (Å²) in [4.78, 5) is 0. The first-order chi connectivity index (χ1) is 7.68. The lowest BCUT2D eigenvalue weighted by atomic mass is 9.98. The largest absolute Gasteiger partial charge is 0.415 e. The van der Waals surface area contributed by atoms with Crippen molar-refractivity contribution in [2.45, 2.75) is 50.5 Å². The first-order valence-corrected chi connectivity index (χ1v) is 6.97. The highest BCUT2D eigenvalue weighted by Crippen LogP contribution is 2.29. The zero-order valence-electron chi connectivity index (χ0n) is 9.11. The second-order valence-electron chi connectivity index (χ2n) is 4.17. The fraction of sp³-hybridized carbons (Fsp3) is 1.00. The van der Waals surface area contributed by atoms with Crippen molar-refractivity contribution in [3.63, 3.8) is 0 Å². The smallest absolute Gasteiger partial charge is 0.364 e. The number of hydrogen-bond acceptors (Lipinski definition) is 3. The molecule has 1 atom stereocenters. The van der Waals surface area contributed by atoms with Crippen molar-refractivity contribution in [2.75, 3.05) is 5.75 Å². The van der Waals surface area contributed by atoms with Gasteiger partial charge >= 0.3 is 6.18 Å². The second kappa shape index (κ2) is 5.53. The van der Waals surface area contributed by atoms with Crippen molar-refractivity contribution >= 4 is 10.1 Å². The Hall–Kier alpha value is -0.340. The summed E-state index contributed by atoms with van der Waals surface area (Å²) in [6.07, 6.45) is -4.29. The van der Waals surface area contributed by atoms with Crippen LogP contribution in [-0.4, -0.2) is 37.1 Å². The minimum Gasteiger partial charge on any atom is -0.364 e. The van der Waals surface area contributed by atoms with Gasteiger partial charge < -0.3 is 4.74 Å². The molecule has 0 aromatic carbocycles. The molecule has 1 aliphatic rings. The van der Waals surface area contributed by atoms with Gasteiger partial charge in [-0.3, -0.25) is 4.55 Å². The van der Waals surface area contributed by atoms with Crippen molar-refractivity contribution in [1.82, 2.24) is 0 Å². The summed E-state index contributed by atoms with van der Waals surface area (Å²) in [7, 11) is -4.70. The van der Waals surface area contributed by atoms with Gasteiger partial charge in [-0.1, -0.05) is 19.3 Å². The molecule has 0 amide bonds. The molecule has 1 aliphatic carbocycles. The highest BCUT2D eigenvalue weighted by atomic mass is 32.2. The van der Waals surface area contributed by atoms with E-state index >= 15 is 0 Å². The van der Waals surface area contributed by atoms with Crippen LogP contribution in [0.3, 0.4) is 0 Å². The second-order valence-corrected chi connectivity index (χ2v) is 5.67. The summed E-state index contributed by atoms with van der Waals surface area (Å²) < 4.78 is 71.8. The zero-order chi connectivity index (χ0) is 13.1. The molecule has 102 valence electrons. The molecule has 1 N–H and O–H groups in total. The standard InChI is InChI=1S/C9H15F3O4S/c10-9(11,12)8(6-17(13,14)15)16-7-4-2-1-3-5-7/h7-8H,1-6H2,(H,13,14,15). The Morgan fingerprint density at radius 3 is 2.18 bits per heavy atom. The van der Waals surface area contributed by atoms with E-state index in [2.05, 4.69) is 0 Å². The van der Waals surface area contributed by atoms with Crippen LogP contribution in [-0.2, 0) is 14.9 Å². The van der Waals surface area contributed by atoms with Gasteiger partial charge in [0.1, 0.15) is 5.75 Å². The third-order valence-electron chi connectivity index (χ3n) is 2.64. The van der Waals surface area contributed by atoms with Crippen molar-refractivity contribution in [1.29, 1.82) is 0 Å². The molecule has 0 aromatic heterocycles. The van der Waals surface area contributed by atoms with Gasteiger partial charge in [-0.05, 0) is 12.8 Å². The maximum atomic E-state index is 12.5. The summed E-state index contributed by atoms with van der Waals surface area (Å²) in [5, 5.41) is 0. The molecule has 0 bridgehead atoms. The van der Waals surface area contributed by atoms with Gasteiger partial charge in [-0.2, -0.15) is 21.6 Å². The van der Waals surface area contributed by atoms with Crippen molar-refractivity contribution in [2.24, 2.45) is 0 Å². The van der Waals surface area contributed by atoms with Crippen LogP contribution < -0.4 is 0 Å². The minimum absolute atomic E-state index is 0.498. The molecule has 0 aromatic rings. The highest BCUT2D eigenvalue weighted by molar-refractivity contribution is 7.85. The average molecular weight is 276 g/mol. The lowest BCUT2D eigenvalue weighted by Crippen LogP contribution is -2.41. The van der Waals surface area contributed by atoms with Crippen LogP contribution in [0.1, 0.15) is 32.1 Å². The Kier molecular flexibility index (Phi) is 4.79. The van der Waals surface area contributed by atoms with Gasteiger partial charge in [-0.15, -0.1) is 0 Å². The maximum absolute atomic E-state index is 12.5. The molecule has 0 heterocycles. The number of alkyl halides is 3. The van der Waals surface area contributed by atoms with E-state index in [0.717, 1.165) is 19.3 Å². The van der Waals surface area contributed by atoms with Gasteiger partial charge in [0.05, 0.1) is 6.10 Å². The van der Waals surface area contributed by atoms with E-state index in [1.54, 1.807) is 0 Å². The van der Waals surface area contributed by atoms with Gasteiger partial charge in [0.2, 0.25) is 0 Å². The summed E-state index contributed by atoms with van der Waals surface area (Å²) in [5.74, 6) is -1.44. The van der Waals surface area contributed by atoms with E-state index in [0.29, 0.717) is 12.8 Å². The fourth-order valence-electron chi connectivity index (χ4n) is 1.84. The number of halogens is 3. The van der Waals surface area contributed by atoms with Gasteiger partial charge in [0.25, 0.3) is 10.1 Å². The first kappa shape index (κ1) is 14.7. The first-order valence-electron chi connectivity index (χ1n) is 5.36. The predicted octanol–water partition coefficient (Wildman–Crippen LogP) is 2.15. The Balaban J connectivity index is 2.63. The summed E-state index contributed by atoms with van der Waals surface area (Å²) >= 11 is 0. The minimum atomic E-state index is -4.78. The van der Waals surface area contributed by atoms with E-state index in [-0.39, 0.29) is 0 Å². The van der Waals surface area contributed by atoms with Crippen LogP contribution in [0.2, 0.25) is 0 Å². The topological polar surface area (TPSA) is 63.6 Å². The van der Waals surface area contributed by atoms with Crippen LogP contribution in [0.4, 0.5) is 13.2 Å². The van der Waals surface area contributed by atoms with E-state index in [9.17, 15) is 21.6 Å². The third kappa shape index (κ3) is 5.69. The number of ether oxygens (including phenoxy) is 1. The molecule has 1 unspecified atom stereocenters. The van der Waals surface area contributed by atoms with Crippen LogP contribution >= 0.6 is 0 Å². The molecule has 0 aliphatic heterocycles. The highest BCUT2D eigenvalue weighted by Gasteiger charge is 2.44. The molecular formula is C9H15F3O4S. The average Bonchev–Trinajstić information content (AvgIpc) is 2.15. The summed E-state index contributed by atoms with van der Waals surface area (Å²) in [6.45, 7) is 0. The molecule has 8 heteroatoms. The lowest BCUT2D eigenvalue weighted by Gasteiger charge is -2.28. The Morgan fingerprint density at radius 1 is 1.24 bits per heavy atom. The molecule has 1 rings (SSSR count). The van der Waals surface area contributed by atoms with Crippen LogP contribution in [0, 0.1) is 0 Å². The third-order valence-corrected chi connectivity index (χ3v) is 3.36. The van der Waals surface area contributed by atoms with Crippen LogP contribution in [0.25, 0.3) is 0 Å². The molecule has 17 heavy (non-hydrogen) atoms. The van der Waals surface area contributed by atoms with Crippen molar-refractivity contribution in [3.8, 4) is 0 Å². The molecule has 4 nitrogen and oxygen atoms in total. The van der Waals surface area contributed by atoms with Crippen LogP contribution in [0.15, 0.2) is 0 Å². The van der Waals surface area contributed by atoms with Crippen LogP contribution in [0.5, 0.6) is 0 Å². The molecule has 1 fully saturated rings. The van der Waals surface area contributed by atoms with Gasteiger partial charge in [0, 0.05) is 0 Å². The normalized spacial score (nSPS) is 21.4. The van der Waals surface area contributed by atoms with E-state index in [4.69, 9.17) is 9.29 Å². The fourth-order valence-corrected chi connectivity index (χ4v) is 2.49. The molecule has 0 spiro atoms. The molecule has 0 radical (unpaired) electrons. The Labute approximate surface area is 97.9 Å². The van der Waals surface area contributed by atoms with E-state index in [1.165, 1.54) is 0 Å². The van der Waals surface area contributed by atoms with E-state index < -0.39 is 34.3 Å². The lowest BCUT2D eigenvalue weighted by molar-refractivity contribution is -0.228. The zero-order valence-corrected chi connectivity index (χ0v) is 9.93. The summed E-state index contributed by atoms with van der Waals surface area (Å²) in [6, 6.07) is 0. The van der Waals surface area contributed by atoms with Crippen molar-refractivity contribution < 1.29 is 30.9 Å². The van der Waals surface area contributed by atoms with Gasteiger partial charge in [0.15, 0.2) is 6.10 Å². The Bertz CT molecular complexity index is 333. The Morgan fingerprint density at radius 2 is 1.76 bits per heavy atom. The van der Waals surface area contributed by atoms with E-state index in [1.807, 2.05) is 0 Å². The monoisotopic (exact) mass is 276 g/mol. The van der Waals surface area contributed by atoms with Crippen molar-refractivity contribution in [3.05, 3.63) is 0 Å². The predicted molar refractivity (Wildman–Crippen MR) is 54.2 cm³/mol. The summed E-state index contributed by atoms with van der Waals surface area (Å²) in [5.41, 5.74) is 0. The molecule has 1 saturated carbocycles. The van der Waals surface area contributed by atoms with Gasteiger partial charge in [-0.25, -0.2) is 0 Å². The number of hydrogen-bond donors (Lipinski definition) is 1. The number of rotatable bonds is 4. The quantitative estimate of drug-likeness (QED) is 0.799. The maximum Gasteiger partial charge on any atom is 0.415 e.